The summed E-state index contributed by atoms with van der Waals surface area (Å²) in [6.07, 6.45) is 7.80. The Bertz CT molecular complexity index is 443. The third-order valence-electron chi connectivity index (χ3n) is 4.32. The van der Waals surface area contributed by atoms with Crippen molar-refractivity contribution in [3.05, 3.63) is 11.5 Å². The van der Waals surface area contributed by atoms with Crippen LogP contribution in [0.5, 0.6) is 0 Å². The minimum Gasteiger partial charge on any atom is -0.384 e. The monoisotopic (exact) mass is 247 g/mol. The number of aromatic nitrogens is 2. The van der Waals surface area contributed by atoms with Crippen LogP contribution >= 0.6 is 0 Å². The maximum Gasteiger partial charge on any atom is 0.127 e. The van der Waals surface area contributed by atoms with Crippen molar-refractivity contribution < 1.29 is 0 Å². The first-order valence-corrected chi connectivity index (χ1v) is 7.37. The van der Waals surface area contributed by atoms with Crippen molar-refractivity contribution in [1.29, 1.82) is 0 Å². The van der Waals surface area contributed by atoms with E-state index in [4.69, 9.17) is 10.7 Å². The molecule has 0 spiro atoms. The van der Waals surface area contributed by atoms with Crippen molar-refractivity contribution >= 4 is 5.82 Å². The summed E-state index contributed by atoms with van der Waals surface area (Å²) in [7, 11) is 0. The van der Waals surface area contributed by atoms with Gasteiger partial charge in [0.15, 0.2) is 0 Å². The van der Waals surface area contributed by atoms with Gasteiger partial charge in [-0.2, -0.15) is 0 Å². The summed E-state index contributed by atoms with van der Waals surface area (Å²) >= 11 is 0. The molecule has 2 aliphatic rings. The first kappa shape index (κ1) is 12.1. The van der Waals surface area contributed by atoms with Crippen molar-refractivity contribution in [3.63, 3.8) is 0 Å². The molecule has 1 aromatic heterocycles. The summed E-state index contributed by atoms with van der Waals surface area (Å²) in [5.74, 6) is 3.48. The van der Waals surface area contributed by atoms with Gasteiger partial charge in [-0.15, -0.1) is 0 Å². The summed E-state index contributed by atoms with van der Waals surface area (Å²) in [4.78, 5) is 4.96. The van der Waals surface area contributed by atoms with Crippen LogP contribution in [0.15, 0.2) is 0 Å². The highest BCUT2D eigenvalue weighted by atomic mass is 15.2. The topological polar surface area (TPSA) is 43.8 Å². The van der Waals surface area contributed by atoms with Gasteiger partial charge in [0, 0.05) is 17.4 Å². The molecule has 0 aliphatic heterocycles. The molecule has 0 aromatic carbocycles. The number of rotatable bonds is 2. The van der Waals surface area contributed by atoms with E-state index < -0.39 is 0 Å². The van der Waals surface area contributed by atoms with Gasteiger partial charge in [0.05, 0.1) is 5.69 Å². The SMILES string of the molecule is CC(C)(C)n1c(C2CC2)nc(C2CCCC2)c1N. The maximum atomic E-state index is 6.44. The zero-order valence-corrected chi connectivity index (χ0v) is 11.9. The second-order valence-electron chi connectivity index (χ2n) is 7.00. The molecule has 3 heteroatoms. The highest BCUT2D eigenvalue weighted by Crippen LogP contribution is 2.45. The molecule has 0 amide bonds. The lowest BCUT2D eigenvalue weighted by atomic mass is 10.0. The highest BCUT2D eigenvalue weighted by molar-refractivity contribution is 5.43. The lowest BCUT2D eigenvalue weighted by Gasteiger charge is -2.25. The Balaban J connectivity index is 2.05. The number of hydrogen-bond acceptors (Lipinski definition) is 2. The molecule has 0 atom stereocenters. The molecule has 2 saturated carbocycles. The summed E-state index contributed by atoms with van der Waals surface area (Å²) in [6, 6.07) is 0. The van der Waals surface area contributed by atoms with Crippen LogP contribution in [0.25, 0.3) is 0 Å². The smallest absolute Gasteiger partial charge is 0.127 e. The molecule has 100 valence electrons. The van der Waals surface area contributed by atoms with Crippen molar-refractivity contribution in [2.75, 3.05) is 5.73 Å². The van der Waals surface area contributed by atoms with Crippen LogP contribution in [0.1, 0.15) is 82.7 Å². The summed E-state index contributed by atoms with van der Waals surface area (Å²) < 4.78 is 2.30. The van der Waals surface area contributed by atoms with Crippen LogP contribution in [0, 0.1) is 0 Å². The van der Waals surface area contributed by atoms with Crippen molar-refractivity contribution in [1.82, 2.24) is 9.55 Å². The van der Waals surface area contributed by atoms with Gasteiger partial charge in [0.1, 0.15) is 11.6 Å². The molecule has 0 saturated heterocycles. The van der Waals surface area contributed by atoms with Gasteiger partial charge in [-0.05, 0) is 46.5 Å². The van der Waals surface area contributed by atoms with Gasteiger partial charge in [-0.25, -0.2) is 4.98 Å². The molecular formula is C15H25N3. The van der Waals surface area contributed by atoms with Gasteiger partial charge in [0.25, 0.3) is 0 Å². The highest BCUT2D eigenvalue weighted by Gasteiger charge is 2.36. The molecule has 0 unspecified atom stereocenters. The second kappa shape index (κ2) is 4.01. The number of nitrogen functional groups attached to an aromatic ring is 1. The third kappa shape index (κ3) is 1.94. The van der Waals surface area contributed by atoms with Crippen molar-refractivity contribution in [2.45, 2.75) is 76.7 Å². The molecule has 0 bridgehead atoms. The minimum absolute atomic E-state index is 0.0475. The average molecular weight is 247 g/mol. The van der Waals surface area contributed by atoms with E-state index in [1.54, 1.807) is 0 Å². The molecule has 18 heavy (non-hydrogen) atoms. The molecule has 2 fully saturated rings. The van der Waals surface area contributed by atoms with Crippen LogP contribution in [-0.2, 0) is 5.54 Å². The second-order valence-corrected chi connectivity index (χ2v) is 7.00. The number of imidazole rings is 1. The molecule has 2 aliphatic carbocycles. The Labute approximate surface area is 110 Å². The predicted octanol–water partition coefficient (Wildman–Crippen LogP) is 3.76. The normalized spacial score (nSPS) is 21.7. The zero-order valence-electron chi connectivity index (χ0n) is 11.9. The van der Waals surface area contributed by atoms with Gasteiger partial charge < -0.3 is 10.3 Å². The van der Waals surface area contributed by atoms with E-state index in [9.17, 15) is 0 Å². The Morgan fingerprint density at radius 3 is 2.17 bits per heavy atom. The van der Waals surface area contributed by atoms with E-state index in [0.717, 1.165) is 5.82 Å². The molecule has 3 rings (SSSR count). The molecule has 1 heterocycles. The van der Waals surface area contributed by atoms with Crippen molar-refractivity contribution in [3.8, 4) is 0 Å². The Morgan fingerprint density at radius 1 is 1.06 bits per heavy atom. The summed E-state index contributed by atoms with van der Waals surface area (Å²) in [6.45, 7) is 6.69. The van der Waals surface area contributed by atoms with Gasteiger partial charge in [-0.1, -0.05) is 12.8 Å². The first-order chi connectivity index (χ1) is 8.48. The van der Waals surface area contributed by atoms with Crippen LogP contribution in [-0.4, -0.2) is 9.55 Å². The quantitative estimate of drug-likeness (QED) is 0.864. The summed E-state index contributed by atoms with van der Waals surface area (Å²) in [5.41, 5.74) is 7.68. The van der Waals surface area contributed by atoms with Crippen LogP contribution < -0.4 is 5.73 Å². The molecule has 3 nitrogen and oxygen atoms in total. The lowest BCUT2D eigenvalue weighted by molar-refractivity contribution is 0.388. The van der Waals surface area contributed by atoms with Gasteiger partial charge >= 0.3 is 0 Å². The molecule has 1 aromatic rings. The molecule has 0 radical (unpaired) electrons. The Kier molecular flexibility index (Phi) is 2.68. The number of hydrogen-bond donors (Lipinski definition) is 1. The molecular weight excluding hydrogens is 222 g/mol. The number of nitrogens with zero attached hydrogens (tertiary/aromatic N) is 2. The number of anilines is 1. The Hall–Kier alpha value is -0.990. The van der Waals surface area contributed by atoms with E-state index in [0.29, 0.717) is 11.8 Å². The maximum absolute atomic E-state index is 6.44. The van der Waals surface area contributed by atoms with Gasteiger partial charge in [0.2, 0.25) is 0 Å². The van der Waals surface area contributed by atoms with E-state index in [1.807, 2.05) is 0 Å². The first-order valence-electron chi connectivity index (χ1n) is 7.37. The minimum atomic E-state index is 0.0475. The van der Waals surface area contributed by atoms with Crippen LogP contribution in [0.4, 0.5) is 5.82 Å². The standard InChI is InChI=1S/C15H25N3/c1-15(2,3)18-13(16)12(10-6-4-5-7-10)17-14(18)11-8-9-11/h10-11H,4-9,16H2,1-3H3. The van der Waals surface area contributed by atoms with Crippen molar-refractivity contribution in [2.24, 2.45) is 0 Å². The van der Waals surface area contributed by atoms with E-state index >= 15 is 0 Å². The van der Waals surface area contributed by atoms with Crippen LogP contribution in [0.2, 0.25) is 0 Å². The lowest BCUT2D eigenvalue weighted by Crippen LogP contribution is -2.25. The zero-order chi connectivity index (χ0) is 12.9. The molecule has 2 N–H and O–H groups in total. The van der Waals surface area contributed by atoms with Gasteiger partial charge in [-0.3, -0.25) is 0 Å². The van der Waals surface area contributed by atoms with Crippen LogP contribution in [0.3, 0.4) is 0 Å². The fraction of sp³-hybridized carbons (Fsp3) is 0.800. The Morgan fingerprint density at radius 2 is 1.67 bits per heavy atom. The largest absolute Gasteiger partial charge is 0.384 e. The third-order valence-corrected chi connectivity index (χ3v) is 4.32. The van der Waals surface area contributed by atoms with E-state index in [1.165, 1.54) is 50.0 Å². The number of nitrogens with two attached hydrogens (primary N) is 1. The van der Waals surface area contributed by atoms with E-state index in [2.05, 4.69) is 25.3 Å². The van der Waals surface area contributed by atoms with E-state index in [-0.39, 0.29) is 5.54 Å². The average Bonchev–Trinajstić information content (AvgIpc) is 2.85. The summed E-state index contributed by atoms with van der Waals surface area (Å²) in [5, 5.41) is 0. The predicted molar refractivity (Wildman–Crippen MR) is 74.8 cm³/mol. The fourth-order valence-corrected chi connectivity index (χ4v) is 3.29. The fourth-order valence-electron chi connectivity index (χ4n) is 3.29.